The molecule has 3 rings (SSSR count). The van der Waals surface area contributed by atoms with Gasteiger partial charge >= 0.3 is 5.97 Å². The average Bonchev–Trinajstić information content (AvgIpc) is 3.05. The molecule has 2 atom stereocenters. The van der Waals surface area contributed by atoms with Crippen LogP contribution in [0.4, 0.5) is 8.78 Å². The van der Waals surface area contributed by atoms with E-state index < -0.39 is 29.6 Å². The number of halogens is 2. The summed E-state index contributed by atoms with van der Waals surface area (Å²) in [6.07, 6.45) is 1.33. The number of benzene rings is 1. The van der Waals surface area contributed by atoms with E-state index in [9.17, 15) is 18.4 Å². The lowest BCUT2D eigenvalue weighted by Crippen LogP contribution is -2.56. The Hall–Kier alpha value is -2.10. The number of hydrogen-bond acceptors (Lipinski definition) is 5. The summed E-state index contributed by atoms with van der Waals surface area (Å²) in [7, 11) is 0. The molecule has 7 nitrogen and oxygen atoms in total. The molecule has 0 aromatic heterocycles. The van der Waals surface area contributed by atoms with E-state index in [-0.39, 0.29) is 36.6 Å². The van der Waals surface area contributed by atoms with Crippen LogP contribution in [0.5, 0.6) is 0 Å². The topological polar surface area (TPSA) is 93.7 Å². The fourth-order valence-electron chi connectivity index (χ4n) is 3.81. The minimum atomic E-state index is -0.873. The first kappa shape index (κ1) is 19.7. The van der Waals surface area contributed by atoms with E-state index >= 15 is 0 Å². The van der Waals surface area contributed by atoms with Gasteiger partial charge in [0.2, 0.25) is 5.91 Å². The highest BCUT2D eigenvalue weighted by molar-refractivity contribution is 5.80. The summed E-state index contributed by atoms with van der Waals surface area (Å²) in [5.41, 5.74) is 5.45. The highest BCUT2D eigenvalue weighted by atomic mass is 19.1. The molecular formula is C18H24F2N4O3. The number of carboxylic acids is 1. The molecule has 0 bridgehead atoms. The van der Waals surface area contributed by atoms with Crippen molar-refractivity contribution >= 4 is 11.9 Å². The molecule has 1 amide bonds. The first-order chi connectivity index (χ1) is 12.9. The molecule has 9 heteroatoms. The quantitative estimate of drug-likeness (QED) is 0.557. The third-order valence-electron chi connectivity index (χ3n) is 5.35. The zero-order valence-electron chi connectivity index (χ0n) is 15.0. The molecule has 0 radical (unpaired) electrons. The number of nitrogens with zero attached hydrogens (tertiary/aromatic N) is 1. The van der Waals surface area contributed by atoms with Gasteiger partial charge in [-0.15, -0.1) is 0 Å². The Morgan fingerprint density at radius 3 is 2.56 bits per heavy atom. The highest BCUT2D eigenvalue weighted by Gasteiger charge is 2.40. The van der Waals surface area contributed by atoms with Crippen molar-refractivity contribution in [2.24, 2.45) is 5.92 Å². The Morgan fingerprint density at radius 1 is 1.30 bits per heavy atom. The normalized spacial score (nSPS) is 27.4. The van der Waals surface area contributed by atoms with Gasteiger partial charge in [0.05, 0.1) is 18.5 Å². The lowest BCUT2D eigenvalue weighted by Gasteiger charge is -2.42. The maximum absolute atomic E-state index is 14.1. The van der Waals surface area contributed by atoms with Crippen molar-refractivity contribution in [3.63, 3.8) is 0 Å². The number of aliphatic carboxylic acids is 1. The van der Waals surface area contributed by atoms with Crippen LogP contribution in [-0.2, 0) is 9.59 Å². The Bertz CT molecular complexity index is 692. The van der Waals surface area contributed by atoms with E-state index in [1.807, 2.05) is 11.8 Å². The third-order valence-corrected chi connectivity index (χ3v) is 5.35. The van der Waals surface area contributed by atoms with Gasteiger partial charge in [0.1, 0.15) is 11.6 Å². The van der Waals surface area contributed by atoms with Crippen molar-refractivity contribution < 1.29 is 23.5 Å². The molecule has 4 N–H and O–H groups in total. The second-order valence-electron chi connectivity index (χ2n) is 7.03. The first-order valence-electron chi connectivity index (χ1n) is 9.09. The van der Waals surface area contributed by atoms with Crippen molar-refractivity contribution in [1.82, 2.24) is 21.1 Å². The lowest BCUT2D eigenvalue weighted by atomic mass is 9.84. The van der Waals surface area contributed by atoms with Crippen LogP contribution in [0.15, 0.2) is 18.2 Å². The maximum Gasteiger partial charge on any atom is 0.317 e. The van der Waals surface area contributed by atoms with E-state index in [1.165, 1.54) is 18.2 Å². The fraction of sp³-hybridized carbons (Fsp3) is 0.556. The van der Waals surface area contributed by atoms with Gasteiger partial charge in [-0.1, -0.05) is 13.0 Å². The second kappa shape index (κ2) is 8.28. The van der Waals surface area contributed by atoms with Gasteiger partial charge in [-0.05, 0) is 31.5 Å². The number of nitrogens with one attached hydrogen (secondary N) is 3. The average molecular weight is 382 g/mol. The Morgan fingerprint density at radius 2 is 1.96 bits per heavy atom. The van der Waals surface area contributed by atoms with Crippen molar-refractivity contribution in [3.8, 4) is 0 Å². The van der Waals surface area contributed by atoms with E-state index in [2.05, 4.69) is 16.2 Å². The van der Waals surface area contributed by atoms with Crippen molar-refractivity contribution in [2.45, 2.75) is 37.9 Å². The maximum atomic E-state index is 14.1. The molecule has 1 aromatic rings. The molecule has 2 aliphatic rings. The molecule has 2 fully saturated rings. The van der Waals surface area contributed by atoms with Crippen LogP contribution in [0.2, 0.25) is 0 Å². The fourth-order valence-corrected chi connectivity index (χ4v) is 3.81. The van der Waals surface area contributed by atoms with Crippen LogP contribution >= 0.6 is 0 Å². The number of carboxylic acid groups (broad SMARTS) is 1. The molecular weight excluding hydrogens is 358 g/mol. The van der Waals surface area contributed by atoms with Crippen molar-refractivity contribution in [3.05, 3.63) is 35.4 Å². The number of hydrazine groups is 1. The molecule has 1 aromatic carbocycles. The Kier molecular flexibility index (Phi) is 6.03. The van der Waals surface area contributed by atoms with Gasteiger partial charge in [-0.25, -0.2) is 14.2 Å². The number of hydrogen-bond donors (Lipinski definition) is 4. The number of likely N-dealkylation sites (N-methyl/N-ethyl adjacent to an activating group) is 1. The number of carbonyl (C=O) groups is 2. The summed E-state index contributed by atoms with van der Waals surface area (Å²) in [4.78, 5) is 25.4. The van der Waals surface area contributed by atoms with E-state index in [0.717, 1.165) is 0 Å². The zero-order valence-corrected chi connectivity index (χ0v) is 15.0. The lowest BCUT2D eigenvalue weighted by molar-refractivity contribution is -0.140. The summed E-state index contributed by atoms with van der Waals surface area (Å²) < 4.78 is 28.1. The molecule has 27 heavy (non-hydrogen) atoms. The van der Waals surface area contributed by atoms with Crippen LogP contribution in [0.3, 0.4) is 0 Å². The van der Waals surface area contributed by atoms with Gasteiger partial charge in [-0.3, -0.25) is 19.9 Å². The van der Waals surface area contributed by atoms with Crippen molar-refractivity contribution in [2.75, 3.05) is 19.6 Å². The molecule has 148 valence electrons. The number of amides is 1. The number of carbonyl (C=O) groups excluding carboxylic acids is 1. The summed E-state index contributed by atoms with van der Waals surface area (Å²) in [6.45, 7) is 2.77. The molecule has 1 aliphatic heterocycles. The zero-order chi connectivity index (χ0) is 19.6. The molecule has 0 spiro atoms. The smallest absolute Gasteiger partial charge is 0.317 e. The summed E-state index contributed by atoms with van der Waals surface area (Å²) in [5, 5.41) is 11.9. The minimum absolute atomic E-state index is 0.0209. The van der Waals surface area contributed by atoms with Crippen molar-refractivity contribution in [1.29, 1.82) is 0 Å². The van der Waals surface area contributed by atoms with Gasteiger partial charge in [0, 0.05) is 24.2 Å². The SMILES string of the molecule is CCN(CC(=O)O)C1CC(NC(=O)C2CNNC2c2c(F)cccc2F)C1. The monoisotopic (exact) mass is 382 g/mol. The van der Waals surface area contributed by atoms with E-state index in [0.29, 0.717) is 19.4 Å². The van der Waals surface area contributed by atoms with Crippen LogP contribution in [0.25, 0.3) is 0 Å². The van der Waals surface area contributed by atoms with Gasteiger partial charge in [0.25, 0.3) is 0 Å². The molecule has 1 heterocycles. The molecule has 1 saturated heterocycles. The summed E-state index contributed by atoms with van der Waals surface area (Å²) in [6, 6.07) is 2.91. The molecule has 1 aliphatic carbocycles. The Balaban J connectivity index is 1.58. The standard InChI is InChI=1S/C18H24F2N4O3/c1-2-24(9-15(25)26)11-6-10(7-11)22-18(27)12-8-21-23-17(12)16-13(19)4-3-5-14(16)20/h3-5,10-12,17,21,23H,2,6-9H2,1H3,(H,22,27)(H,25,26). The predicted molar refractivity (Wildman–Crippen MR) is 93.6 cm³/mol. The van der Waals surface area contributed by atoms with E-state index in [1.54, 1.807) is 0 Å². The second-order valence-corrected chi connectivity index (χ2v) is 7.03. The first-order valence-corrected chi connectivity index (χ1v) is 9.09. The Labute approximate surface area is 156 Å². The van der Waals surface area contributed by atoms with Gasteiger partial charge < -0.3 is 10.4 Å². The van der Waals surface area contributed by atoms with Crippen LogP contribution in [0, 0.1) is 17.6 Å². The van der Waals surface area contributed by atoms with Crippen LogP contribution in [0.1, 0.15) is 31.4 Å². The summed E-state index contributed by atoms with van der Waals surface area (Å²) >= 11 is 0. The third kappa shape index (κ3) is 4.26. The molecule has 1 saturated carbocycles. The summed E-state index contributed by atoms with van der Waals surface area (Å²) in [5.74, 6) is -3.17. The molecule has 2 unspecified atom stereocenters. The van der Waals surface area contributed by atoms with E-state index in [4.69, 9.17) is 5.11 Å². The van der Waals surface area contributed by atoms with Gasteiger partial charge in [-0.2, -0.15) is 0 Å². The number of rotatable bonds is 7. The predicted octanol–water partition coefficient (Wildman–Crippen LogP) is 0.784. The van der Waals surface area contributed by atoms with Crippen LogP contribution in [-0.4, -0.2) is 53.6 Å². The minimum Gasteiger partial charge on any atom is -0.480 e. The van der Waals surface area contributed by atoms with Gasteiger partial charge in [0.15, 0.2) is 0 Å². The highest BCUT2D eigenvalue weighted by Crippen LogP contribution is 2.31. The van der Waals surface area contributed by atoms with Crippen LogP contribution < -0.4 is 16.2 Å². The largest absolute Gasteiger partial charge is 0.480 e.